The second-order valence-corrected chi connectivity index (χ2v) is 3.90. The first-order valence-electron chi connectivity index (χ1n) is 5.04. The molecule has 1 fully saturated rings. The number of nitrogens with two attached hydrogens (primary N) is 1. The first-order chi connectivity index (χ1) is 6.22. The summed E-state index contributed by atoms with van der Waals surface area (Å²) < 4.78 is 4.60. The number of carbonyl (C=O) groups excluding carboxylic acids is 1. The second-order valence-electron chi connectivity index (χ2n) is 3.90. The molecule has 0 bridgehead atoms. The van der Waals surface area contributed by atoms with Crippen LogP contribution in [0.15, 0.2) is 0 Å². The Morgan fingerprint density at radius 1 is 1.36 bits per heavy atom. The average Bonchev–Trinajstić information content (AvgIpc) is 2.16. The van der Waals surface area contributed by atoms with Gasteiger partial charge in [-0.05, 0) is 38.0 Å². The Hall–Kier alpha value is -0.280. The average molecular weight is 222 g/mol. The zero-order valence-electron chi connectivity index (χ0n) is 8.70. The molecule has 0 aromatic rings. The summed E-state index contributed by atoms with van der Waals surface area (Å²) in [5, 5.41) is 0. The lowest BCUT2D eigenvalue weighted by atomic mass is 9.84. The van der Waals surface area contributed by atoms with Crippen molar-refractivity contribution in [1.82, 2.24) is 0 Å². The van der Waals surface area contributed by atoms with E-state index in [0.717, 1.165) is 19.3 Å². The van der Waals surface area contributed by atoms with E-state index in [1.54, 1.807) is 0 Å². The zero-order valence-corrected chi connectivity index (χ0v) is 9.52. The third kappa shape index (κ3) is 4.82. The first-order valence-corrected chi connectivity index (χ1v) is 5.04. The fraction of sp³-hybridized carbons (Fsp3) is 0.900. The maximum absolute atomic E-state index is 10.9. The quantitative estimate of drug-likeness (QED) is 0.741. The zero-order chi connectivity index (χ0) is 9.68. The Morgan fingerprint density at radius 2 is 1.93 bits per heavy atom. The van der Waals surface area contributed by atoms with Crippen LogP contribution in [0.1, 0.15) is 38.5 Å². The van der Waals surface area contributed by atoms with Crippen molar-refractivity contribution in [2.45, 2.75) is 44.6 Å². The lowest BCUT2D eigenvalue weighted by Gasteiger charge is -2.25. The highest BCUT2D eigenvalue weighted by atomic mass is 35.5. The summed E-state index contributed by atoms with van der Waals surface area (Å²) in [5.41, 5.74) is 5.79. The van der Waals surface area contributed by atoms with Gasteiger partial charge < -0.3 is 10.5 Å². The van der Waals surface area contributed by atoms with Crippen molar-refractivity contribution in [3.8, 4) is 0 Å². The van der Waals surface area contributed by atoms with Crippen LogP contribution >= 0.6 is 12.4 Å². The normalized spacial score (nSPS) is 26.4. The van der Waals surface area contributed by atoms with Crippen molar-refractivity contribution >= 4 is 18.4 Å². The molecule has 4 heteroatoms. The molecule has 84 valence electrons. The molecule has 0 aliphatic heterocycles. The number of hydrogen-bond acceptors (Lipinski definition) is 3. The molecule has 0 atom stereocenters. The van der Waals surface area contributed by atoms with Gasteiger partial charge in [0.2, 0.25) is 0 Å². The van der Waals surface area contributed by atoms with Crippen LogP contribution in [0.4, 0.5) is 0 Å². The minimum atomic E-state index is -0.0881. The van der Waals surface area contributed by atoms with Crippen LogP contribution in [0.2, 0.25) is 0 Å². The molecule has 0 heterocycles. The van der Waals surface area contributed by atoms with Crippen molar-refractivity contribution in [3.63, 3.8) is 0 Å². The van der Waals surface area contributed by atoms with Crippen LogP contribution in [0, 0.1) is 5.92 Å². The lowest BCUT2D eigenvalue weighted by Crippen LogP contribution is -2.26. The molecule has 0 spiro atoms. The van der Waals surface area contributed by atoms with Crippen molar-refractivity contribution < 1.29 is 9.53 Å². The molecular weight excluding hydrogens is 202 g/mol. The lowest BCUT2D eigenvalue weighted by molar-refractivity contribution is -0.141. The van der Waals surface area contributed by atoms with Gasteiger partial charge in [0.05, 0.1) is 7.11 Å². The number of ether oxygens (including phenoxy) is 1. The fourth-order valence-corrected chi connectivity index (χ4v) is 1.90. The highest BCUT2D eigenvalue weighted by molar-refractivity contribution is 5.85. The molecule has 2 N–H and O–H groups in total. The predicted molar refractivity (Wildman–Crippen MR) is 58.4 cm³/mol. The highest BCUT2D eigenvalue weighted by Crippen LogP contribution is 2.26. The van der Waals surface area contributed by atoms with Gasteiger partial charge in [-0.25, -0.2) is 0 Å². The van der Waals surface area contributed by atoms with Crippen LogP contribution in [0.5, 0.6) is 0 Å². The molecule has 1 rings (SSSR count). The minimum Gasteiger partial charge on any atom is -0.469 e. The van der Waals surface area contributed by atoms with Gasteiger partial charge in [0.15, 0.2) is 0 Å². The molecule has 0 aromatic carbocycles. The molecular formula is C10H20ClNO2. The van der Waals surface area contributed by atoms with E-state index in [2.05, 4.69) is 4.74 Å². The Morgan fingerprint density at radius 3 is 2.43 bits per heavy atom. The first kappa shape index (κ1) is 13.7. The van der Waals surface area contributed by atoms with E-state index in [0.29, 0.717) is 18.4 Å². The maximum Gasteiger partial charge on any atom is 0.305 e. The van der Waals surface area contributed by atoms with Gasteiger partial charge in [0, 0.05) is 12.5 Å². The van der Waals surface area contributed by atoms with Crippen LogP contribution in [-0.2, 0) is 9.53 Å². The maximum atomic E-state index is 10.9. The van der Waals surface area contributed by atoms with E-state index in [1.807, 2.05) is 0 Å². The molecule has 3 nitrogen and oxygen atoms in total. The smallest absolute Gasteiger partial charge is 0.305 e. The molecule has 0 saturated heterocycles. The molecule has 14 heavy (non-hydrogen) atoms. The standard InChI is InChI=1S/C10H19NO2.ClH/c1-13-10(12)7-4-8-2-5-9(11)6-3-8;/h8-9H,2-7,11H2,1H3;1H/t8-,9-;. The third-order valence-corrected chi connectivity index (χ3v) is 2.88. The van der Waals surface area contributed by atoms with E-state index in [4.69, 9.17) is 5.73 Å². The molecule has 0 unspecified atom stereocenters. The van der Waals surface area contributed by atoms with Gasteiger partial charge in [0.1, 0.15) is 0 Å². The molecule has 0 radical (unpaired) electrons. The van der Waals surface area contributed by atoms with Crippen molar-refractivity contribution in [1.29, 1.82) is 0 Å². The summed E-state index contributed by atoms with van der Waals surface area (Å²) in [7, 11) is 1.44. The fourth-order valence-electron chi connectivity index (χ4n) is 1.90. The number of methoxy groups -OCH3 is 1. The van der Waals surface area contributed by atoms with Gasteiger partial charge >= 0.3 is 5.97 Å². The topological polar surface area (TPSA) is 52.3 Å². The van der Waals surface area contributed by atoms with E-state index in [1.165, 1.54) is 20.0 Å². The van der Waals surface area contributed by atoms with E-state index < -0.39 is 0 Å². The van der Waals surface area contributed by atoms with Gasteiger partial charge in [-0.3, -0.25) is 4.79 Å². The van der Waals surface area contributed by atoms with Gasteiger partial charge in [-0.1, -0.05) is 0 Å². The van der Waals surface area contributed by atoms with E-state index in [9.17, 15) is 4.79 Å². The summed E-state index contributed by atoms with van der Waals surface area (Å²) in [6.45, 7) is 0. The minimum absolute atomic E-state index is 0. The Bertz CT molecular complexity index is 168. The molecule has 1 saturated carbocycles. The number of hydrogen-bond donors (Lipinski definition) is 1. The van der Waals surface area contributed by atoms with Crippen molar-refractivity contribution in [3.05, 3.63) is 0 Å². The van der Waals surface area contributed by atoms with E-state index >= 15 is 0 Å². The van der Waals surface area contributed by atoms with Gasteiger partial charge in [0.25, 0.3) is 0 Å². The number of rotatable bonds is 3. The second kappa shape index (κ2) is 7.07. The monoisotopic (exact) mass is 221 g/mol. The number of halogens is 1. The Kier molecular flexibility index (Phi) is 6.93. The summed E-state index contributed by atoms with van der Waals surface area (Å²) in [6, 6.07) is 0.398. The predicted octanol–water partition coefficient (Wildman–Crippen LogP) is 1.88. The van der Waals surface area contributed by atoms with Gasteiger partial charge in [-0.15, -0.1) is 12.4 Å². The molecule has 1 aliphatic rings. The highest BCUT2D eigenvalue weighted by Gasteiger charge is 2.18. The van der Waals surface area contributed by atoms with Crippen molar-refractivity contribution in [2.75, 3.05) is 7.11 Å². The summed E-state index contributed by atoms with van der Waals surface area (Å²) in [6.07, 6.45) is 6.13. The Labute approximate surface area is 91.8 Å². The van der Waals surface area contributed by atoms with Crippen LogP contribution < -0.4 is 5.73 Å². The molecule has 0 aromatic heterocycles. The van der Waals surface area contributed by atoms with E-state index in [-0.39, 0.29) is 18.4 Å². The summed E-state index contributed by atoms with van der Waals surface area (Å²) >= 11 is 0. The Balaban J connectivity index is 0.00000169. The largest absolute Gasteiger partial charge is 0.469 e. The number of carbonyl (C=O) groups is 1. The summed E-state index contributed by atoms with van der Waals surface area (Å²) in [4.78, 5) is 10.9. The van der Waals surface area contributed by atoms with Crippen LogP contribution in [-0.4, -0.2) is 19.1 Å². The van der Waals surface area contributed by atoms with Crippen LogP contribution in [0.25, 0.3) is 0 Å². The summed E-state index contributed by atoms with van der Waals surface area (Å²) in [5.74, 6) is 0.605. The van der Waals surface area contributed by atoms with Gasteiger partial charge in [-0.2, -0.15) is 0 Å². The third-order valence-electron chi connectivity index (χ3n) is 2.88. The van der Waals surface area contributed by atoms with Crippen LogP contribution in [0.3, 0.4) is 0 Å². The number of esters is 1. The molecule has 1 aliphatic carbocycles. The van der Waals surface area contributed by atoms with Crippen molar-refractivity contribution in [2.24, 2.45) is 11.7 Å². The molecule has 0 amide bonds. The SMILES string of the molecule is COC(=O)CC[C@H]1CC[C@H](N)CC1.Cl.